The Morgan fingerprint density at radius 2 is 1.59 bits per heavy atom. The third kappa shape index (κ3) is 4.84. The molecule has 0 aliphatic carbocycles. The van der Waals surface area contributed by atoms with E-state index in [1.807, 2.05) is 0 Å². The second kappa shape index (κ2) is 6.33. The Morgan fingerprint density at radius 1 is 1.06 bits per heavy atom. The molecule has 0 aromatic carbocycles. The zero-order valence-electron chi connectivity index (χ0n) is 8.24. The van der Waals surface area contributed by atoms with Gasteiger partial charge in [-0.25, -0.2) is 0 Å². The standard InChI is InChI=1S/C7H6ClN3O6/c1-5(9(12)13)2-6(10(14)15)3-7(4-8)11(16)17/h2-3H,1,4H2/b6-2+,7-3+. The molecular weight excluding hydrogens is 258 g/mol. The van der Waals surface area contributed by atoms with Crippen LogP contribution < -0.4 is 0 Å². The summed E-state index contributed by atoms with van der Waals surface area (Å²) >= 11 is 5.19. The van der Waals surface area contributed by atoms with Crippen LogP contribution in [0.2, 0.25) is 0 Å². The summed E-state index contributed by atoms with van der Waals surface area (Å²) in [6.07, 6.45) is 1.05. The number of rotatable bonds is 6. The van der Waals surface area contributed by atoms with Crippen LogP contribution in [-0.4, -0.2) is 20.6 Å². The molecule has 10 heteroatoms. The minimum atomic E-state index is -1.01. The topological polar surface area (TPSA) is 129 Å². The zero-order chi connectivity index (χ0) is 13.6. The molecule has 0 aliphatic heterocycles. The smallest absolute Gasteiger partial charge is 0.259 e. The Bertz CT molecular complexity index is 441. The molecule has 0 radical (unpaired) electrons. The van der Waals surface area contributed by atoms with E-state index in [4.69, 9.17) is 11.6 Å². The van der Waals surface area contributed by atoms with E-state index in [0.717, 1.165) is 0 Å². The van der Waals surface area contributed by atoms with E-state index in [1.165, 1.54) is 0 Å². The second-order valence-corrected chi connectivity index (χ2v) is 2.87. The molecule has 17 heavy (non-hydrogen) atoms. The molecule has 0 bridgehead atoms. The molecule has 92 valence electrons. The number of nitro groups is 3. The van der Waals surface area contributed by atoms with Crippen molar-refractivity contribution in [1.82, 2.24) is 0 Å². The maximum absolute atomic E-state index is 10.5. The first-order chi connectivity index (χ1) is 7.79. The molecule has 0 fully saturated rings. The lowest BCUT2D eigenvalue weighted by Gasteiger charge is -1.93. The average Bonchev–Trinajstić information content (AvgIpc) is 2.22. The molecular formula is C7H6ClN3O6. The van der Waals surface area contributed by atoms with Crippen molar-refractivity contribution < 1.29 is 14.8 Å². The molecule has 0 rings (SSSR count). The van der Waals surface area contributed by atoms with Crippen LogP contribution in [0.3, 0.4) is 0 Å². The van der Waals surface area contributed by atoms with Crippen LogP contribution in [-0.2, 0) is 0 Å². The largest absolute Gasteiger partial charge is 0.282 e. The van der Waals surface area contributed by atoms with Gasteiger partial charge in [0, 0.05) is 0 Å². The van der Waals surface area contributed by atoms with Crippen LogP contribution in [0.5, 0.6) is 0 Å². The van der Waals surface area contributed by atoms with Gasteiger partial charge in [-0.3, -0.25) is 30.3 Å². The van der Waals surface area contributed by atoms with Crippen molar-refractivity contribution in [2.45, 2.75) is 0 Å². The van der Waals surface area contributed by atoms with E-state index in [9.17, 15) is 30.3 Å². The van der Waals surface area contributed by atoms with E-state index in [0.29, 0.717) is 12.2 Å². The quantitative estimate of drug-likeness (QED) is 0.307. The predicted molar refractivity (Wildman–Crippen MR) is 57.0 cm³/mol. The number of halogens is 1. The van der Waals surface area contributed by atoms with Crippen molar-refractivity contribution in [3.8, 4) is 0 Å². The summed E-state index contributed by atoms with van der Waals surface area (Å²) in [7, 11) is 0. The highest BCUT2D eigenvalue weighted by Gasteiger charge is 2.19. The molecule has 0 atom stereocenters. The van der Waals surface area contributed by atoms with Gasteiger partial charge in [0.05, 0.1) is 26.9 Å². The molecule has 0 saturated heterocycles. The molecule has 0 unspecified atom stereocenters. The number of hydrogen-bond acceptors (Lipinski definition) is 6. The van der Waals surface area contributed by atoms with Crippen molar-refractivity contribution in [3.63, 3.8) is 0 Å². The highest BCUT2D eigenvalue weighted by Crippen LogP contribution is 2.09. The summed E-state index contributed by atoms with van der Waals surface area (Å²) in [4.78, 5) is 28.2. The van der Waals surface area contributed by atoms with E-state index in [-0.39, 0.29) is 0 Å². The summed E-state index contributed by atoms with van der Waals surface area (Å²) < 4.78 is 0. The molecule has 0 aliphatic rings. The van der Waals surface area contributed by atoms with Crippen LogP contribution in [0.25, 0.3) is 0 Å². The van der Waals surface area contributed by atoms with Gasteiger partial charge >= 0.3 is 0 Å². The lowest BCUT2D eigenvalue weighted by Crippen LogP contribution is -2.05. The third-order valence-electron chi connectivity index (χ3n) is 1.45. The Kier molecular flexibility index (Phi) is 5.47. The summed E-state index contributed by atoms with van der Waals surface area (Å²) in [6.45, 7) is 2.94. The van der Waals surface area contributed by atoms with Crippen LogP contribution in [0.4, 0.5) is 0 Å². The maximum atomic E-state index is 10.5. The highest BCUT2D eigenvalue weighted by atomic mass is 35.5. The normalized spacial score (nSPS) is 12.1. The molecule has 0 spiro atoms. The van der Waals surface area contributed by atoms with E-state index >= 15 is 0 Å². The molecule has 0 aromatic rings. The number of allylic oxidation sites excluding steroid dienone is 3. The lowest BCUT2D eigenvalue weighted by atomic mass is 10.3. The van der Waals surface area contributed by atoms with Crippen molar-refractivity contribution in [3.05, 3.63) is 66.2 Å². The summed E-state index contributed by atoms with van der Waals surface area (Å²) in [5.41, 5.74) is -2.24. The van der Waals surface area contributed by atoms with Crippen LogP contribution in [0, 0.1) is 30.3 Å². The predicted octanol–water partition coefficient (Wildman–Crippen LogP) is 1.34. The first-order valence-corrected chi connectivity index (χ1v) is 4.43. The Hall–Kier alpha value is -2.29. The van der Waals surface area contributed by atoms with Crippen molar-refractivity contribution >= 4 is 11.6 Å². The molecule has 0 saturated carbocycles. The fourth-order valence-electron chi connectivity index (χ4n) is 0.681. The van der Waals surface area contributed by atoms with Crippen LogP contribution in [0.1, 0.15) is 0 Å². The van der Waals surface area contributed by atoms with Crippen LogP contribution in [0.15, 0.2) is 35.8 Å². The second-order valence-electron chi connectivity index (χ2n) is 2.60. The van der Waals surface area contributed by atoms with E-state index in [1.54, 1.807) is 0 Å². The van der Waals surface area contributed by atoms with E-state index < -0.39 is 37.7 Å². The van der Waals surface area contributed by atoms with Gasteiger partial charge in [-0.15, -0.1) is 11.6 Å². The molecule has 0 aromatic heterocycles. The number of alkyl halides is 1. The van der Waals surface area contributed by atoms with Gasteiger partial charge in [0.15, 0.2) is 0 Å². The summed E-state index contributed by atoms with van der Waals surface area (Å²) in [5, 5.41) is 31.1. The summed E-state index contributed by atoms with van der Waals surface area (Å²) in [6, 6.07) is 0. The maximum Gasteiger partial charge on any atom is 0.282 e. The Morgan fingerprint density at radius 3 is 1.88 bits per heavy atom. The van der Waals surface area contributed by atoms with Crippen LogP contribution >= 0.6 is 11.6 Å². The van der Waals surface area contributed by atoms with Gasteiger partial charge in [-0.1, -0.05) is 0 Å². The van der Waals surface area contributed by atoms with E-state index in [2.05, 4.69) is 6.58 Å². The van der Waals surface area contributed by atoms with Gasteiger partial charge in [-0.05, 0) is 6.58 Å². The molecule has 0 amide bonds. The first kappa shape index (κ1) is 14.7. The molecule has 0 N–H and O–H groups in total. The highest BCUT2D eigenvalue weighted by molar-refractivity contribution is 6.19. The Balaban J connectivity index is 5.41. The van der Waals surface area contributed by atoms with Gasteiger partial charge < -0.3 is 0 Å². The SMILES string of the molecule is C=C(/C=C(\C=C(/CCl)[N+](=O)[O-])[N+](=O)[O-])[N+](=O)[O-]. The van der Waals surface area contributed by atoms with Crippen molar-refractivity contribution in [2.75, 3.05) is 5.88 Å². The minimum absolute atomic E-state index is 0.510. The third-order valence-corrected chi connectivity index (χ3v) is 1.72. The lowest BCUT2D eigenvalue weighted by molar-refractivity contribution is -0.437. The van der Waals surface area contributed by atoms with Gasteiger partial charge in [-0.2, -0.15) is 0 Å². The molecule has 9 nitrogen and oxygen atoms in total. The average molecular weight is 264 g/mol. The van der Waals surface area contributed by atoms with Gasteiger partial charge in [0.2, 0.25) is 0 Å². The first-order valence-electron chi connectivity index (χ1n) is 3.90. The Labute approximate surface area is 99.1 Å². The fourth-order valence-corrected chi connectivity index (χ4v) is 0.856. The van der Waals surface area contributed by atoms with Gasteiger partial charge in [0.25, 0.3) is 17.1 Å². The monoisotopic (exact) mass is 263 g/mol. The van der Waals surface area contributed by atoms with Crippen molar-refractivity contribution in [2.24, 2.45) is 0 Å². The number of nitrogens with zero attached hydrogens (tertiary/aromatic N) is 3. The zero-order valence-corrected chi connectivity index (χ0v) is 8.99. The summed E-state index contributed by atoms with van der Waals surface area (Å²) in [5.74, 6) is -0.566. The van der Waals surface area contributed by atoms with Gasteiger partial charge in [0.1, 0.15) is 5.88 Å². The molecule has 0 heterocycles. The number of hydrogen-bond donors (Lipinski definition) is 0. The van der Waals surface area contributed by atoms with Crippen molar-refractivity contribution in [1.29, 1.82) is 0 Å². The minimum Gasteiger partial charge on any atom is -0.259 e. The fraction of sp³-hybridized carbons (Fsp3) is 0.143.